The van der Waals surface area contributed by atoms with Crippen molar-refractivity contribution in [3.8, 4) is 11.5 Å². The molecule has 9 nitrogen and oxygen atoms in total. The maximum absolute atomic E-state index is 14.0. The summed E-state index contributed by atoms with van der Waals surface area (Å²) in [6.07, 6.45) is 3.74. The van der Waals surface area contributed by atoms with Gasteiger partial charge >= 0.3 is 0 Å². The van der Waals surface area contributed by atoms with Gasteiger partial charge in [-0.05, 0) is 80.3 Å². The van der Waals surface area contributed by atoms with E-state index >= 15 is 0 Å². The molecule has 2 aliphatic rings. The van der Waals surface area contributed by atoms with E-state index in [0.717, 1.165) is 25.9 Å². The molecule has 11 heteroatoms. The van der Waals surface area contributed by atoms with Gasteiger partial charge in [-0.1, -0.05) is 47.7 Å². The van der Waals surface area contributed by atoms with Crippen LogP contribution in [-0.2, 0) is 9.59 Å². The second-order valence-electron chi connectivity index (χ2n) is 11.0. The number of nitrogens with one attached hydrogen (secondary N) is 1. The minimum absolute atomic E-state index is 0.0621. The first-order valence-electron chi connectivity index (χ1n) is 15.1. The Labute approximate surface area is 268 Å². The third-order valence-electron chi connectivity index (χ3n) is 7.86. The molecule has 1 atom stereocenters. The van der Waals surface area contributed by atoms with Crippen molar-refractivity contribution in [3.63, 3.8) is 0 Å². The molecule has 1 saturated heterocycles. The molecule has 0 aliphatic carbocycles. The second-order valence-corrected chi connectivity index (χ2v) is 12.0. The number of para-hydroxylation sites is 1. The molecular weight excluding hydrogens is 607 g/mol. The van der Waals surface area contributed by atoms with Gasteiger partial charge < -0.3 is 19.7 Å². The van der Waals surface area contributed by atoms with Gasteiger partial charge in [0, 0.05) is 18.8 Å². The lowest BCUT2D eigenvalue weighted by Crippen LogP contribution is -2.40. The van der Waals surface area contributed by atoms with Crippen molar-refractivity contribution in [1.82, 2.24) is 9.47 Å². The van der Waals surface area contributed by atoms with Crippen LogP contribution >= 0.6 is 11.3 Å². The van der Waals surface area contributed by atoms with Gasteiger partial charge in [0.2, 0.25) is 0 Å². The van der Waals surface area contributed by atoms with E-state index in [4.69, 9.17) is 9.47 Å². The summed E-state index contributed by atoms with van der Waals surface area (Å²) in [4.78, 5) is 47.1. The van der Waals surface area contributed by atoms with Crippen molar-refractivity contribution >= 4 is 34.9 Å². The van der Waals surface area contributed by atoms with Crippen molar-refractivity contribution < 1.29 is 23.5 Å². The lowest BCUT2D eigenvalue weighted by atomic mass is 9.95. The number of likely N-dealkylation sites (tertiary alicyclic amines) is 1. The molecule has 2 aliphatic heterocycles. The number of anilines is 1. The van der Waals surface area contributed by atoms with Crippen LogP contribution in [0.15, 0.2) is 93.9 Å². The van der Waals surface area contributed by atoms with E-state index in [-0.39, 0.29) is 23.6 Å². The summed E-state index contributed by atoms with van der Waals surface area (Å²) >= 11 is 1.20. The monoisotopic (exact) mass is 640 g/mol. The first kappa shape index (κ1) is 31.0. The first-order valence-corrected chi connectivity index (χ1v) is 16.0. The molecule has 0 unspecified atom stereocenters. The predicted octanol–water partition coefficient (Wildman–Crippen LogP) is 4.41. The highest BCUT2D eigenvalue weighted by molar-refractivity contribution is 7.07. The molecule has 236 valence electrons. The number of aromatic nitrogens is 1. The van der Waals surface area contributed by atoms with Crippen molar-refractivity contribution in [2.45, 2.75) is 32.7 Å². The average molecular weight is 641 g/mol. The second kappa shape index (κ2) is 13.5. The third-order valence-corrected chi connectivity index (χ3v) is 8.84. The van der Waals surface area contributed by atoms with E-state index in [1.807, 2.05) is 25.1 Å². The zero-order valence-corrected chi connectivity index (χ0v) is 26.3. The Hall–Kier alpha value is -5.03. The van der Waals surface area contributed by atoms with Crippen LogP contribution < -0.4 is 29.7 Å². The molecule has 0 spiro atoms. The number of hydrogen-bond acceptors (Lipinski definition) is 7. The third kappa shape index (κ3) is 6.50. The van der Waals surface area contributed by atoms with E-state index in [2.05, 4.69) is 10.3 Å². The summed E-state index contributed by atoms with van der Waals surface area (Å²) in [5.74, 6) is 0.00131. The Morgan fingerprint density at radius 2 is 1.76 bits per heavy atom. The van der Waals surface area contributed by atoms with Crippen LogP contribution in [0.25, 0.3) is 6.08 Å². The molecule has 0 radical (unpaired) electrons. The number of halogens is 1. The maximum atomic E-state index is 14.0. The van der Waals surface area contributed by atoms with Gasteiger partial charge in [0.15, 0.2) is 22.9 Å². The SMILES string of the molecule is CCOc1cc(/C=c2/sc3n(c2=O)[C@H](c2ccc(F)cc2)C(C(=O)Nc2ccccc2)=C(C)N=3)ccc1OCC(=O)N1CCCC1. The summed E-state index contributed by atoms with van der Waals surface area (Å²) < 4.78 is 27.5. The molecule has 46 heavy (non-hydrogen) atoms. The quantitative estimate of drug-likeness (QED) is 0.292. The van der Waals surface area contributed by atoms with Crippen LogP contribution in [0.4, 0.5) is 10.1 Å². The molecule has 1 aromatic heterocycles. The normalized spacial score (nSPS) is 16.2. The zero-order chi connectivity index (χ0) is 32.2. The average Bonchev–Trinajstić information content (AvgIpc) is 3.69. The number of benzene rings is 3. The van der Waals surface area contributed by atoms with E-state index < -0.39 is 17.8 Å². The van der Waals surface area contributed by atoms with Crippen LogP contribution in [0.5, 0.6) is 11.5 Å². The highest BCUT2D eigenvalue weighted by Crippen LogP contribution is 2.32. The largest absolute Gasteiger partial charge is 0.490 e. The van der Waals surface area contributed by atoms with Gasteiger partial charge in [0.1, 0.15) is 5.82 Å². The molecule has 3 aromatic carbocycles. The molecular formula is C35H33FN4O5S. The van der Waals surface area contributed by atoms with E-state index in [9.17, 15) is 18.8 Å². The number of ether oxygens (including phenoxy) is 2. The smallest absolute Gasteiger partial charge is 0.271 e. The van der Waals surface area contributed by atoms with E-state index in [1.165, 1.54) is 28.0 Å². The topological polar surface area (TPSA) is 102 Å². The van der Waals surface area contributed by atoms with Crippen molar-refractivity contribution in [3.05, 3.63) is 121 Å². The maximum Gasteiger partial charge on any atom is 0.271 e. The van der Waals surface area contributed by atoms with E-state index in [0.29, 0.717) is 50.0 Å². The van der Waals surface area contributed by atoms with Crippen LogP contribution in [0.1, 0.15) is 43.9 Å². The number of hydrogen-bond donors (Lipinski definition) is 1. The summed E-state index contributed by atoms with van der Waals surface area (Å²) in [7, 11) is 0. The summed E-state index contributed by atoms with van der Waals surface area (Å²) in [5, 5.41) is 2.91. The minimum Gasteiger partial charge on any atom is -0.490 e. The van der Waals surface area contributed by atoms with E-state index in [1.54, 1.807) is 60.4 Å². The molecule has 0 bridgehead atoms. The van der Waals surface area contributed by atoms with Crippen LogP contribution in [0.2, 0.25) is 0 Å². The van der Waals surface area contributed by atoms with Gasteiger partial charge in [-0.15, -0.1) is 0 Å². The zero-order valence-electron chi connectivity index (χ0n) is 25.5. The summed E-state index contributed by atoms with van der Waals surface area (Å²) in [6.45, 7) is 5.38. The fourth-order valence-electron chi connectivity index (χ4n) is 5.64. The Morgan fingerprint density at radius 3 is 2.48 bits per heavy atom. The van der Waals surface area contributed by atoms with Crippen LogP contribution in [0.3, 0.4) is 0 Å². The highest BCUT2D eigenvalue weighted by atomic mass is 32.1. The molecule has 6 rings (SSSR count). The van der Waals surface area contributed by atoms with Crippen LogP contribution in [-0.4, -0.2) is 47.6 Å². The molecule has 2 amide bonds. The Balaban J connectivity index is 1.36. The van der Waals surface area contributed by atoms with Crippen molar-refractivity contribution in [1.29, 1.82) is 0 Å². The highest BCUT2D eigenvalue weighted by Gasteiger charge is 2.32. The number of nitrogens with zero attached hydrogens (tertiary/aromatic N) is 3. The number of amides is 2. The molecule has 1 fully saturated rings. The molecule has 4 aromatic rings. The summed E-state index contributed by atoms with van der Waals surface area (Å²) in [6, 6.07) is 19.2. The Kier molecular flexibility index (Phi) is 9.11. The number of carbonyl (C=O) groups excluding carboxylic acids is 2. The minimum atomic E-state index is -0.828. The Bertz CT molecular complexity index is 1980. The summed E-state index contributed by atoms with van der Waals surface area (Å²) in [5.41, 5.74) is 2.26. The lowest BCUT2D eigenvalue weighted by molar-refractivity contribution is -0.132. The lowest BCUT2D eigenvalue weighted by Gasteiger charge is -2.25. The van der Waals surface area contributed by atoms with Gasteiger partial charge in [0.05, 0.1) is 28.5 Å². The fourth-order valence-corrected chi connectivity index (χ4v) is 6.69. The fraction of sp³-hybridized carbons (Fsp3) is 0.257. The van der Waals surface area contributed by atoms with Gasteiger partial charge in [-0.25, -0.2) is 9.38 Å². The number of carbonyl (C=O) groups is 2. The number of rotatable bonds is 9. The number of thiazole rings is 1. The Morgan fingerprint density at radius 1 is 1.02 bits per heavy atom. The van der Waals surface area contributed by atoms with Gasteiger partial charge in [-0.2, -0.15) is 0 Å². The van der Waals surface area contributed by atoms with Gasteiger partial charge in [0.25, 0.3) is 17.4 Å². The predicted molar refractivity (Wildman–Crippen MR) is 174 cm³/mol. The molecule has 1 N–H and O–H groups in total. The number of allylic oxidation sites excluding steroid dienone is 1. The van der Waals surface area contributed by atoms with Crippen LogP contribution in [0, 0.1) is 5.82 Å². The molecule has 3 heterocycles. The van der Waals surface area contributed by atoms with Crippen molar-refractivity contribution in [2.24, 2.45) is 4.99 Å². The van der Waals surface area contributed by atoms with Crippen molar-refractivity contribution in [2.75, 3.05) is 31.6 Å². The number of fused-ring (bicyclic) bond motifs is 1. The standard InChI is InChI=1S/C35H33FN4O5S/c1-3-44-28-19-23(11-16-27(28)45-21-30(41)39-17-7-8-18-39)20-29-34(43)40-32(24-12-14-25(36)15-13-24)31(22(2)37-35(40)46-29)33(42)38-26-9-5-4-6-10-26/h4-6,9-16,19-20,32H,3,7-8,17-18,21H2,1-2H3,(H,38,42)/b29-20+/t32-/m1/s1. The molecule has 0 saturated carbocycles. The van der Waals surface area contributed by atoms with Gasteiger partial charge in [-0.3, -0.25) is 19.0 Å². The first-order chi connectivity index (χ1) is 22.3.